The van der Waals surface area contributed by atoms with Crippen molar-refractivity contribution >= 4 is 45.6 Å². The molecule has 0 amide bonds. The number of benzene rings is 2. The molecule has 128 valence electrons. The Kier molecular flexibility index (Phi) is 6.01. The van der Waals surface area contributed by atoms with Gasteiger partial charge in [0.05, 0.1) is 6.54 Å². The largest absolute Gasteiger partial charge is 0.353 e. The molecule has 3 rings (SSSR count). The molecule has 3 aromatic rings. The maximum Gasteiger partial charge on any atom is 0.206 e. The molecule has 2 aromatic carbocycles. The molecule has 0 unspecified atom stereocenters. The monoisotopic (exact) mass is 393 g/mol. The van der Waals surface area contributed by atoms with E-state index in [0.29, 0.717) is 15.7 Å². The third-order valence-electron chi connectivity index (χ3n) is 3.25. The fourth-order valence-corrected chi connectivity index (χ4v) is 3.79. The van der Waals surface area contributed by atoms with Crippen LogP contribution >= 0.6 is 34.7 Å². The highest BCUT2D eigenvalue weighted by Gasteiger charge is 2.09. The number of nitrogens with zero attached hydrogens (tertiary/aromatic N) is 2. The minimum atomic E-state index is -0.365. The third-order valence-corrected chi connectivity index (χ3v) is 5.59. The summed E-state index contributed by atoms with van der Waals surface area (Å²) in [6.07, 6.45) is 0. The third kappa shape index (κ3) is 5.26. The summed E-state index contributed by atoms with van der Waals surface area (Å²) >= 11 is 8.82. The van der Waals surface area contributed by atoms with Crippen LogP contribution in [-0.4, -0.2) is 22.5 Å². The molecule has 1 heterocycles. The SMILES string of the molecule is O=C(CNc1nnc(SCc2ccc(Cl)cc2)s1)c1ccc(F)cc1. The molecule has 0 aliphatic carbocycles. The van der Waals surface area contributed by atoms with E-state index in [4.69, 9.17) is 11.6 Å². The lowest BCUT2D eigenvalue weighted by Gasteiger charge is -2.01. The zero-order valence-electron chi connectivity index (χ0n) is 12.9. The predicted molar refractivity (Wildman–Crippen MR) is 100 cm³/mol. The van der Waals surface area contributed by atoms with Crippen LogP contribution in [0, 0.1) is 5.82 Å². The van der Waals surface area contributed by atoms with Crippen LogP contribution < -0.4 is 5.32 Å². The Morgan fingerprint density at radius 2 is 1.84 bits per heavy atom. The number of thioether (sulfide) groups is 1. The highest BCUT2D eigenvalue weighted by molar-refractivity contribution is 8.00. The number of halogens is 2. The van der Waals surface area contributed by atoms with Gasteiger partial charge >= 0.3 is 0 Å². The summed E-state index contributed by atoms with van der Waals surface area (Å²) in [7, 11) is 0. The lowest BCUT2D eigenvalue weighted by molar-refractivity contribution is 0.101. The summed E-state index contributed by atoms with van der Waals surface area (Å²) in [5.74, 6) is 0.266. The number of Topliss-reactive ketones (excluding diaryl/α,β-unsaturated/α-hetero) is 1. The van der Waals surface area contributed by atoms with Crippen LogP contribution in [0.1, 0.15) is 15.9 Å². The van der Waals surface area contributed by atoms with Crippen molar-refractivity contribution in [3.63, 3.8) is 0 Å². The van der Waals surface area contributed by atoms with E-state index >= 15 is 0 Å². The molecular formula is C17H13ClFN3OS2. The van der Waals surface area contributed by atoms with Gasteiger partial charge in [-0.2, -0.15) is 0 Å². The van der Waals surface area contributed by atoms with Gasteiger partial charge in [-0.3, -0.25) is 4.79 Å². The lowest BCUT2D eigenvalue weighted by Crippen LogP contribution is -2.13. The van der Waals surface area contributed by atoms with Gasteiger partial charge in [-0.05, 0) is 42.0 Å². The van der Waals surface area contributed by atoms with Crippen LogP contribution in [0.5, 0.6) is 0 Å². The van der Waals surface area contributed by atoms with E-state index in [1.807, 2.05) is 24.3 Å². The second-order valence-electron chi connectivity index (χ2n) is 5.07. The van der Waals surface area contributed by atoms with Crippen molar-refractivity contribution in [2.45, 2.75) is 10.1 Å². The van der Waals surface area contributed by atoms with E-state index in [1.54, 1.807) is 11.8 Å². The Labute approximate surface area is 157 Å². The first-order chi connectivity index (χ1) is 12.1. The second kappa shape index (κ2) is 8.42. The highest BCUT2D eigenvalue weighted by Crippen LogP contribution is 2.28. The summed E-state index contributed by atoms with van der Waals surface area (Å²) in [5, 5.41) is 12.4. The Balaban J connectivity index is 1.50. The van der Waals surface area contributed by atoms with Crippen molar-refractivity contribution in [3.8, 4) is 0 Å². The normalized spacial score (nSPS) is 10.6. The van der Waals surface area contributed by atoms with Gasteiger partial charge in [-0.1, -0.05) is 46.8 Å². The van der Waals surface area contributed by atoms with Gasteiger partial charge in [0, 0.05) is 16.3 Å². The molecule has 0 aliphatic heterocycles. The molecule has 0 spiro atoms. The van der Waals surface area contributed by atoms with E-state index < -0.39 is 0 Å². The van der Waals surface area contributed by atoms with E-state index in [1.165, 1.54) is 35.6 Å². The average Bonchev–Trinajstić information content (AvgIpc) is 3.08. The summed E-state index contributed by atoms with van der Waals surface area (Å²) in [6, 6.07) is 13.1. The first kappa shape index (κ1) is 17.8. The van der Waals surface area contributed by atoms with Crippen LogP contribution in [0.2, 0.25) is 5.02 Å². The number of hydrogen-bond donors (Lipinski definition) is 1. The Morgan fingerprint density at radius 1 is 1.12 bits per heavy atom. The van der Waals surface area contributed by atoms with Crippen molar-refractivity contribution in [1.82, 2.24) is 10.2 Å². The standard InChI is InChI=1S/C17H13ClFN3OS2/c18-13-5-1-11(2-6-13)10-24-17-22-21-16(25-17)20-9-15(23)12-3-7-14(19)8-4-12/h1-8H,9-10H2,(H,20,21). The van der Waals surface area contributed by atoms with Gasteiger partial charge in [0.2, 0.25) is 5.13 Å². The number of nitrogens with one attached hydrogen (secondary N) is 1. The van der Waals surface area contributed by atoms with E-state index in [2.05, 4.69) is 15.5 Å². The van der Waals surface area contributed by atoms with Crippen LogP contribution in [0.15, 0.2) is 52.9 Å². The van der Waals surface area contributed by atoms with Gasteiger partial charge in [-0.15, -0.1) is 10.2 Å². The summed E-state index contributed by atoms with van der Waals surface area (Å²) in [5.41, 5.74) is 1.60. The molecule has 0 aliphatic rings. The number of rotatable bonds is 7. The Morgan fingerprint density at radius 3 is 2.56 bits per heavy atom. The average molecular weight is 394 g/mol. The van der Waals surface area contributed by atoms with E-state index in [0.717, 1.165) is 15.7 Å². The summed E-state index contributed by atoms with van der Waals surface area (Å²) < 4.78 is 13.7. The van der Waals surface area contributed by atoms with Gasteiger partial charge < -0.3 is 5.32 Å². The molecule has 8 heteroatoms. The zero-order valence-corrected chi connectivity index (χ0v) is 15.3. The van der Waals surface area contributed by atoms with Gasteiger partial charge in [0.25, 0.3) is 0 Å². The number of anilines is 1. The van der Waals surface area contributed by atoms with Crippen LogP contribution in [0.25, 0.3) is 0 Å². The fraction of sp³-hybridized carbons (Fsp3) is 0.118. The molecule has 1 N–H and O–H groups in total. The summed E-state index contributed by atoms with van der Waals surface area (Å²) in [6.45, 7) is 0.0854. The molecule has 4 nitrogen and oxygen atoms in total. The number of aromatic nitrogens is 2. The molecule has 0 radical (unpaired) electrons. The smallest absolute Gasteiger partial charge is 0.206 e. The maximum absolute atomic E-state index is 12.9. The molecule has 0 saturated carbocycles. The van der Waals surface area contributed by atoms with Crippen molar-refractivity contribution in [2.24, 2.45) is 0 Å². The predicted octanol–water partition coefficient (Wildman–Crippen LogP) is 4.92. The topological polar surface area (TPSA) is 54.9 Å². The zero-order chi connectivity index (χ0) is 17.6. The van der Waals surface area contributed by atoms with Gasteiger partial charge in [0.1, 0.15) is 5.82 Å². The number of carbonyl (C=O) groups is 1. The van der Waals surface area contributed by atoms with E-state index in [-0.39, 0.29) is 18.1 Å². The first-order valence-corrected chi connectivity index (χ1v) is 9.51. The molecule has 1 aromatic heterocycles. The Hall–Kier alpha value is -1.96. The Bertz CT molecular complexity index is 853. The molecular weight excluding hydrogens is 381 g/mol. The number of carbonyl (C=O) groups excluding carboxylic acids is 1. The molecule has 0 fully saturated rings. The van der Waals surface area contributed by atoms with Gasteiger partial charge in [0.15, 0.2) is 10.1 Å². The number of hydrogen-bond acceptors (Lipinski definition) is 6. The molecule has 25 heavy (non-hydrogen) atoms. The van der Waals surface area contributed by atoms with Crippen molar-refractivity contribution in [3.05, 3.63) is 70.5 Å². The van der Waals surface area contributed by atoms with Crippen molar-refractivity contribution in [1.29, 1.82) is 0 Å². The van der Waals surface area contributed by atoms with Crippen molar-refractivity contribution in [2.75, 3.05) is 11.9 Å². The van der Waals surface area contributed by atoms with Crippen LogP contribution in [0.4, 0.5) is 9.52 Å². The number of ketones is 1. The summed E-state index contributed by atoms with van der Waals surface area (Å²) in [4.78, 5) is 12.0. The minimum Gasteiger partial charge on any atom is -0.353 e. The lowest BCUT2D eigenvalue weighted by atomic mass is 10.1. The fourth-order valence-electron chi connectivity index (χ4n) is 1.96. The quantitative estimate of drug-likeness (QED) is 0.456. The van der Waals surface area contributed by atoms with Crippen LogP contribution in [-0.2, 0) is 5.75 Å². The highest BCUT2D eigenvalue weighted by atomic mass is 35.5. The van der Waals surface area contributed by atoms with Crippen molar-refractivity contribution < 1.29 is 9.18 Å². The van der Waals surface area contributed by atoms with Gasteiger partial charge in [-0.25, -0.2) is 4.39 Å². The molecule has 0 saturated heterocycles. The minimum absolute atomic E-state index is 0.0854. The first-order valence-electron chi connectivity index (χ1n) is 7.33. The van der Waals surface area contributed by atoms with Crippen LogP contribution in [0.3, 0.4) is 0 Å². The molecule has 0 atom stereocenters. The maximum atomic E-state index is 12.9. The second-order valence-corrected chi connectivity index (χ2v) is 7.71. The molecule has 0 bridgehead atoms. The van der Waals surface area contributed by atoms with E-state index in [9.17, 15) is 9.18 Å².